The first-order valence-corrected chi connectivity index (χ1v) is 6.98. The van der Waals surface area contributed by atoms with E-state index in [0.717, 1.165) is 12.1 Å². The molecular formula is C17H16F4O2. The summed E-state index contributed by atoms with van der Waals surface area (Å²) in [5.74, 6) is -4.13. The van der Waals surface area contributed by atoms with Crippen LogP contribution >= 0.6 is 0 Å². The highest BCUT2D eigenvalue weighted by Gasteiger charge is 2.18. The zero-order valence-electron chi connectivity index (χ0n) is 12.6. The minimum Gasteiger partial charge on any atom is -0.477 e. The summed E-state index contributed by atoms with van der Waals surface area (Å²) in [6.07, 6.45) is -2.99. The molecule has 2 aromatic carbocycles. The number of aromatic carboxylic acids is 1. The van der Waals surface area contributed by atoms with Crippen LogP contribution in [0.15, 0.2) is 36.4 Å². The molecule has 0 aliphatic rings. The summed E-state index contributed by atoms with van der Waals surface area (Å²) in [5.41, 5.74) is -0.290. The third-order valence-electron chi connectivity index (χ3n) is 2.91. The van der Waals surface area contributed by atoms with Crippen molar-refractivity contribution in [2.75, 3.05) is 0 Å². The van der Waals surface area contributed by atoms with Gasteiger partial charge in [-0.05, 0) is 28.8 Å². The summed E-state index contributed by atoms with van der Waals surface area (Å²) in [4.78, 5) is 10.7. The summed E-state index contributed by atoms with van der Waals surface area (Å²) in [5, 5.41) is 8.69. The molecule has 0 aromatic heterocycles. The van der Waals surface area contributed by atoms with Crippen LogP contribution in [0.25, 0.3) is 11.1 Å². The van der Waals surface area contributed by atoms with E-state index in [-0.39, 0.29) is 5.56 Å². The Bertz CT molecular complexity index is 661. The van der Waals surface area contributed by atoms with Crippen molar-refractivity contribution in [3.8, 4) is 11.1 Å². The summed E-state index contributed by atoms with van der Waals surface area (Å²) in [7, 11) is 0. The van der Waals surface area contributed by atoms with Crippen molar-refractivity contribution < 1.29 is 27.5 Å². The normalized spacial score (nSPS) is 10.2. The van der Waals surface area contributed by atoms with Gasteiger partial charge < -0.3 is 5.11 Å². The Morgan fingerprint density at radius 3 is 2.09 bits per heavy atom. The van der Waals surface area contributed by atoms with Crippen LogP contribution in [0.5, 0.6) is 0 Å². The Kier molecular flexibility index (Phi) is 6.75. The van der Waals surface area contributed by atoms with E-state index in [2.05, 4.69) is 0 Å². The van der Waals surface area contributed by atoms with Crippen molar-refractivity contribution in [3.63, 3.8) is 0 Å². The standard InChI is InChI=1S/C15H10F4O2.C2H6/c16-11-6-10(7-12(17)14(11)15(20)21)9-3-1-2-8(4-9)5-13(18)19;1-2/h1-4,6-7,13H,5H2,(H,20,21);1-2H3. The van der Waals surface area contributed by atoms with Crippen molar-refractivity contribution in [2.24, 2.45) is 0 Å². The molecule has 0 saturated heterocycles. The number of hydrogen-bond donors (Lipinski definition) is 1. The number of hydrogen-bond acceptors (Lipinski definition) is 1. The molecule has 0 unspecified atom stereocenters. The van der Waals surface area contributed by atoms with Crippen molar-refractivity contribution in [3.05, 3.63) is 59.2 Å². The highest BCUT2D eigenvalue weighted by atomic mass is 19.3. The van der Waals surface area contributed by atoms with E-state index in [1.165, 1.54) is 24.3 Å². The molecule has 0 heterocycles. The molecule has 0 amide bonds. The van der Waals surface area contributed by atoms with Gasteiger partial charge in [-0.15, -0.1) is 0 Å². The number of carboxylic acids is 1. The fourth-order valence-electron chi connectivity index (χ4n) is 2.00. The first-order valence-electron chi connectivity index (χ1n) is 6.98. The first-order chi connectivity index (χ1) is 10.9. The van der Waals surface area contributed by atoms with Crippen LogP contribution < -0.4 is 0 Å². The highest BCUT2D eigenvalue weighted by Crippen LogP contribution is 2.26. The Morgan fingerprint density at radius 2 is 1.61 bits per heavy atom. The van der Waals surface area contributed by atoms with Crippen LogP contribution in [0.2, 0.25) is 0 Å². The predicted molar refractivity (Wildman–Crippen MR) is 79.8 cm³/mol. The average Bonchev–Trinajstić information content (AvgIpc) is 2.47. The zero-order valence-corrected chi connectivity index (χ0v) is 12.6. The maximum Gasteiger partial charge on any atom is 0.341 e. The fourth-order valence-corrected chi connectivity index (χ4v) is 2.00. The van der Waals surface area contributed by atoms with E-state index in [0.29, 0.717) is 11.1 Å². The van der Waals surface area contributed by atoms with E-state index in [9.17, 15) is 22.4 Å². The van der Waals surface area contributed by atoms with Gasteiger partial charge in [0.2, 0.25) is 6.43 Å². The molecule has 0 saturated carbocycles. The third-order valence-corrected chi connectivity index (χ3v) is 2.91. The minimum absolute atomic E-state index is 0.0890. The SMILES string of the molecule is CC.O=C(O)c1c(F)cc(-c2cccc(CC(F)F)c2)cc1F. The van der Waals surface area contributed by atoms with Gasteiger partial charge in [0.1, 0.15) is 17.2 Å². The molecule has 0 bridgehead atoms. The molecule has 0 fully saturated rings. The Balaban J connectivity index is 0.00000127. The van der Waals surface area contributed by atoms with E-state index in [4.69, 9.17) is 5.11 Å². The molecule has 0 atom stereocenters. The van der Waals surface area contributed by atoms with E-state index < -0.39 is 36.0 Å². The Hall–Kier alpha value is -2.37. The largest absolute Gasteiger partial charge is 0.477 e. The van der Waals surface area contributed by atoms with Gasteiger partial charge in [0, 0.05) is 6.42 Å². The molecule has 23 heavy (non-hydrogen) atoms. The van der Waals surface area contributed by atoms with Gasteiger partial charge in [-0.2, -0.15) is 0 Å². The van der Waals surface area contributed by atoms with Gasteiger partial charge in [0.15, 0.2) is 0 Å². The second-order valence-electron chi connectivity index (χ2n) is 4.42. The lowest BCUT2D eigenvalue weighted by molar-refractivity contribution is 0.0686. The topological polar surface area (TPSA) is 37.3 Å². The minimum atomic E-state index is -2.52. The monoisotopic (exact) mass is 328 g/mol. The Morgan fingerprint density at radius 1 is 1.04 bits per heavy atom. The molecule has 6 heteroatoms. The second-order valence-corrected chi connectivity index (χ2v) is 4.42. The molecule has 0 radical (unpaired) electrons. The molecule has 124 valence electrons. The van der Waals surface area contributed by atoms with Gasteiger partial charge >= 0.3 is 5.97 Å². The maximum absolute atomic E-state index is 13.6. The number of benzene rings is 2. The fraction of sp³-hybridized carbons (Fsp3) is 0.235. The van der Waals surface area contributed by atoms with Crippen molar-refractivity contribution >= 4 is 5.97 Å². The van der Waals surface area contributed by atoms with Crippen LogP contribution in [0.1, 0.15) is 29.8 Å². The maximum atomic E-state index is 13.6. The quantitative estimate of drug-likeness (QED) is 0.787. The van der Waals surface area contributed by atoms with Crippen molar-refractivity contribution in [1.29, 1.82) is 0 Å². The van der Waals surface area contributed by atoms with E-state index in [1.54, 1.807) is 0 Å². The van der Waals surface area contributed by atoms with Gasteiger partial charge in [-0.3, -0.25) is 0 Å². The smallest absolute Gasteiger partial charge is 0.341 e. The van der Waals surface area contributed by atoms with Gasteiger partial charge in [0.25, 0.3) is 0 Å². The molecule has 0 aliphatic carbocycles. The summed E-state index contributed by atoms with van der Waals surface area (Å²) >= 11 is 0. The zero-order chi connectivity index (χ0) is 17.6. The van der Waals surface area contributed by atoms with Crippen molar-refractivity contribution in [1.82, 2.24) is 0 Å². The molecular weight excluding hydrogens is 312 g/mol. The van der Waals surface area contributed by atoms with Crippen LogP contribution in [-0.2, 0) is 6.42 Å². The van der Waals surface area contributed by atoms with Gasteiger partial charge in [-0.25, -0.2) is 22.4 Å². The summed E-state index contributed by atoms with van der Waals surface area (Å²) in [6, 6.07) is 7.61. The summed E-state index contributed by atoms with van der Waals surface area (Å²) < 4.78 is 51.9. The van der Waals surface area contributed by atoms with Crippen LogP contribution in [0, 0.1) is 11.6 Å². The lowest BCUT2D eigenvalue weighted by atomic mass is 10.00. The lowest BCUT2D eigenvalue weighted by Crippen LogP contribution is -2.05. The second kappa shape index (κ2) is 8.31. The van der Waals surface area contributed by atoms with Crippen LogP contribution in [0.3, 0.4) is 0 Å². The predicted octanol–water partition coefficient (Wildman–Crippen LogP) is 5.16. The molecule has 2 aromatic rings. The molecule has 1 N–H and O–H groups in total. The molecule has 0 spiro atoms. The van der Waals surface area contributed by atoms with Crippen LogP contribution in [-0.4, -0.2) is 17.5 Å². The summed E-state index contributed by atoms with van der Waals surface area (Å²) in [6.45, 7) is 4.00. The molecule has 2 rings (SSSR count). The number of alkyl halides is 2. The van der Waals surface area contributed by atoms with Gasteiger partial charge in [-0.1, -0.05) is 38.1 Å². The molecule has 0 aliphatic heterocycles. The Labute approximate surface area is 131 Å². The third kappa shape index (κ3) is 4.81. The lowest BCUT2D eigenvalue weighted by Gasteiger charge is -2.08. The van der Waals surface area contributed by atoms with E-state index >= 15 is 0 Å². The highest BCUT2D eigenvalue weighted by molar-refractivity contribution is 5.89. The number of halogens is 4. The first kappa shape index (κ1) is 18.7. The average molecular weight is 328 g/mol. The molecule has 2 nitrogen and oxygen atoms in total. The number of rotatable bonds is 4. The van der Waals surface area contributed by atoms with Crippen molar-refractivity contribution in [2.45, 2.75) is 26.7 Å². The number of carboxylic acid groups (broad SMARTS) is 1. The van der Waals surface area contributed by atoms with E-state index in [1.807, 2.05) is 13.8 Å². The van der Waals surface area contributed by atoms with Gasteiger partial charge in [0.05, 0.1) is 0 Å². The van der Waals surface area contributed by atoms with Crippen LogP contribution in [0.4, 0.5) is 17.6 Å². The number of carbonyl (C=O) groups is 1.